The monoisotopic (exact) mass is 173 g/mol. The molecule has 11 heavy (non-hydrogen) atoms. The number of hydrogen-bond acceptors (Lipinski definition) is 1. The number of nitrogens with zero attached hydrogens (tertiary/aromatic N) is 1. The van der Waals surface area contributed by atoms with Crippen LogP contribution < -0.4 is 0 Å². The van der Waals surface area contributed by atoms with Crippen LogP contribution in [0.1, 0.15) is 20.3 Å². The van der Waals surface area contributed by atoms with Crippen molar-refractivity contribution in [2.75, 3.05) is 19.0 Å². The van der Waals surface area contributed by atoms with Crippen LogP contribution in [0.25, 0.3) is 0 Å². The van der Waals surface area contributed by atoms with Crippen molar-refractivity contribution in [2.45, 2.75) is 26.3 Å². The van der Waals surface area contributed by atoms with Crippen LogP contribution in [0.3, 0.4) is 0 Å². The van der Waals surface area contributed by atoms with E-state index in [1.54, 1.807) is 0 Å². The van der Waals surface area contributed by atoms with Crippen LogP contribution in [0.15, 0.2) is 11.6 Å². The summed E-state index contributed by atoms with van der Waals surface area (Å²) in [6.07, 6.45) is 3.41. The molecule has 1 nitrogen and oxygen atoms in total. The fourth-order valence-electron chi connectivity index (χ4n) is 1.32. The quantitative estimate of drug-likeness (QED) is 0.458. The average Bonchev–Trinajstić information content (AvgIpc) is 2.05. The highest BCUT2D eigenvalue weighted by atomic mass is 35.5. The molecule has 0 N–H and O–H groups in total. The van der Waals surface area contributed by atoms with Gasteiger partial charge >= 0.3 is 0 Å². The summed E-state index contributed by atoms with van der Waals surface area (Å²) in [5.41, 5.74) is 1.41. The van der Waals surface area contributed by atoms with Crippen LogP contribution in [-0.2, 0) is 0 Å². The van der Waals surface area contributed by atoms with Crippen molar-refractivity contribution >= 4 is 11.6 Å². The molecular weight excluding hydrogens is 158 g/mol. The van der Waals surface area contributed by atoms with E-state index in [4.69, 9.17) is 11.6 Å². The Bertz CT molecular complexity index is 152. The second-order valence-corrected chi connectivity index (χ2v) is 3.60. The van der Waals surface area contributed by atoms with E-state index in [0.717, 1.165) is 13.0 Å². The molecule has 0 aromatic carbocycles. The van der Waals surface area contributed by atoms with Gasteiger partial charge in [0.1, 0.15) is 0 Å². The minimum Gasteiger partial charge on any atom is -0.297 e. The van der Waals surface area contributed by atoms with Crippen LogP contribution in [0.4, 0.5) is 0 Å². The number of alkyl halides is 1. The van der Waals surface area contributed by atoms with E-state index in [2.05, 4.69) is 24.8 Å². The predicted molar refractivity (Wildman–Crippen MR) is 50.1 cm³/mol. The number of hydrogen-bond donors (Lipinski definition) is 0. The van der Waals surface area contributed by atoms with Gasteiger partial charge in [0.2, 0.25) is 0 Å². The van der Waals surface area contributed by atoms with Crippen LogP contribution in [0.5, 0.6) is 0 Å². The Hall–Kier alpha value is -0.0100. The standard InChI is InChI=1S/C9H16ClN/c1-8(2)11-5-3-9(7-10)4-6-11/h3,8H,4-7H2,1-2H3. The maximum Gasteiger partial charge on any atom is 0.0434 e. The number of rotatable bonds is 2. The number of halogens is 1. The summed E-state index contributed by atoms with van der Waals surface area (Å²) in [7, 11) is 0. The zero-order valence-electron chi connectivity index (χ0n) is 7.31. The first-order valence-corrected chi connectivity index (χ1v) is 4.75. The summed E-state index contributed by atoms with van der Waals surface area (Å²) in [6, 6.07) is 0.670. The largest absolute Gasteiger partial charge is 0.297 e. The van der Waals surface area contributed by atoms with Gasteiger partial charge in [0.15, 0.2) is 0 Å². The van der Waals surface area contributed by atoms with Gasteiger partial charge in [-0.3, -0.25) is 4.90 Å². The molecule has 0 saturated heterocycles. The molecule has 64 valence electrons. The van der Waals surface area contributed by atoms with Gasteiger partial charge in [-0.1, -0.05) is 11.6 Å². The summed E-state index contributed by atoms with van der Waals surface area (Å²) in [5.74, 6) is 0.714. The third-order valence-electron chi connectivity index (χ3n) is 2.24. The molecule has 0 aromatic heterocycles. The van der Waals surface area contributed by atoms with Crippen LogP contribution in [0, 0.1) is 0 Å². The molecule has 1 rings (SSSR count). The molecule has 0 amide bonds. The fourth-order valence-corrected chi connectivity index (χ4v) is 1.56. The maximum atomic E-state index is 5.72. The van der Waals surface area contributed by atoms with Gasteiger partial charge in [-0.05, 0) is 20.3 Å². The van der Waals surface area contributed by atoms with Gasteiger partial charge in [0.05, 0.1) is 0 Å². The third-order valence-corrected chi connectivity index (χ3v) is 2.58. The highest BCUT2D eigenvalue weighted by Crippen LogP contribution is 2.13. The molecule has 0 atom stereocenters. The lowest BCUT2D eigenvalue weighted by Crippen LogP contribution is -2.34. The van der Waals surface area contributed by atoms with Crippen molar-refractivity contribution in [1.82, 2.24) is 4.90 Å². The van der Waals surface area contributed by atoms with Crippen molar-refractivity contribution in [1.29, 1.82) is 0 Å². The fraction of sp³-hybridized carbons (Fsp3) is 0.778. The van der Waals surface area contributed by atoms with Crippen molar-refractivity contribution < 1.29 is 0 Å². The van der Waals surface area contributed by atoms with E-state index < -0.39 is 0 Å². The molecule has 0 bridgehead atoms. The summed E-state index contributed by atoms with van der Waals surface area (Å²) in [5, 5.41) is 0. The topological polar surface area (TPSA) is 3.24 Å². The van der Waals surface area contributed by atoms with E-state index in [9.17, 15) is 0 Å². The summed E-state index contributed by atoms with van der Waals surface area (Å²) in [4.78, 5) is 2.45. The van der Waals surface area contributed by atoms with Gasteiger partial charge in [0.25, 0.3) is 0 Å². The summed E-state index contributed by atoms with van der Waals surface area (Å²) >= 11 is 5.72. The van der Waals surface area contributed by atoms with E-state index in [0.29, 0.717) is 11.9 Å². The van der Waals surface area contributed by atoms with Crippen molar-refractivity contribution in [3.05, 3.63) is 11.6 Å². The second kappa shape index (κ2) is 4.13. The zero-order valence-corrected chi connectivity index (χ0v) is 8.06. The highest BCUT2D eigenvalue weighted by molar-refractivity contribution is 6.19. The Morgan fingerprint density at radius 2 is 2.36 bits per heavy atom. The zero-order chi connectivity index (χ0) is 8.27. The molecule has 2 heteroatoms. The Kier molecular flexibility index (Phi) is 3.41. The maximum absolute atomic E-state index is 5.72. The molecule has 0 aromatic rings. The minimum absolute atomic E-state index is 0.670. The Balaban J connectivity index is 2.41. The van der Waals surface area contributed by atoms with Crippen molar-refractivity contribution in [2.24, 2.45) is 0 Å². The van der Waals surface area contributed by atoms with Gasteiger partial charge in [-0.2, -0.15) is 0 Å². The Morgan fingerprint density at radius 3 is 2.73 bits per heavy atom. The van der Waals surface area contributed by atoms with Gasteiger partial charge in [0, 0.05) is 25.0 Å². The Morgan fingerprint density at radius 1 is 1.64 bits per heavy atom. The molecule has 1 aliphatic rings. The molecule has 0 radical (unpaired) electrons. The lowest BCUT2D eigenvalue weighted by atomic mass is 10.1. The summed E-state index contributed by atoms with van der Waals surface area (Å²) in [6.45, 7) is 6.73. The molecule has 0 saturated carbocycles. The summed E-state index contributed by atoms with van der Waals surface area (Å²) < 4.78 is 0. The van der Waals surface area contributed by atoms with Gasteiger partial charge in [-0.25, -0.2) is 0 Å². The first-order chi connectivity index (χ1) is 5.24. The van der Waals surface area contributed by atoms with Crippen LogP contribution in [-0.4, -0.2) is 29.9 Å². The smallest absolute Gasteiger partial charge is 0.0434 e. The predicted octanol–water partition coefficient (Wildman–Crippen LogP) is 2.27. The first kappa shape index (κ1) is 9.08. The van der Waals surface area contributed by atoms with E-state index in [-0.39, 0.29) is 0 Å². The van der Waals surface area contributed by atoms with E-state index in [1.807, 2.05) is 0 Å². The SMILES string of the molecule is CC(C)N1CC=C(CCl)CC1. The van der Waals surface area contributed by atoms with Crippen molar-refractivity contribution in [3.8, 4) is 0 Å². The lowest BCUT2D eigenvalue weighted by molar-refractivity contribution is 0.239. The molecule has 0 fully saturated rings. The molecule has 0 aliphatic carbocycles. The Labute approximate surface area is 74.0 Å². The average molecular weight is 174 g/mol. The third kappa shape index (κ3) is 2.49. The minimum atomic E-state index is 0.670. The van der Waals surface area contributed by atoms with Crippen molar-refractivity contribution in [3.63, 3.8) is 0 Å². The molecule has 1 aliphatic heterocycles. The molecule has 0 spiro atoms. The normalized spacial score (nSPS) is 20.5. The highest BCUT2D eigenvalue weighted by Gasteiger charge is 2.12. The lowest BCUT2D eigenvalue weighted by Gasteiger charge is -2.29. The van der Waals surface area contributed by atoms with Crippen LogP contribution in [0.2, 0.25) is 0 Å². The molecular formula is C9H16ClN. The first-order valence-electron chi connectivity index (χ1n) is 4.22. The van der Waals surface area contributed by atoms with Crippen LogP contribution >= 0.6 is 11.6 Å². The van der Waals surface area contributed by atoms with Gasteiger partial charge in [-0.15, -0.1) is 11.6 Å². The molecule has 0 unspecified atom stereocenters. The van der Waals surface area contributed by atoms with Gasteiger partial charge < -0.3 is 0 Å². The second-order valence-electron chi connectivity index (χ2n) is 3.33. The van der Waals surface area contributed by atoms with E-state index in [1.165, 1.54) is 12.1 Å². The molecule has 1 heterocycles. The van der Waals surface area contributed by atoms with E-state index >= 15 is 0 Å².